The van der Waals surface area contributed by atoms with Gasteiger partial charge in [-0.2, -0.15) is 0 Å². The first-order valence-electron chi connectivity index (χ1n) is 6.04. The Morgan fingerprint density at radius 3 is 2.53 bits per heavy atom. The number of thioether (sulfide) groups is 1. The van der Waals surface area contributed by atoms with Crippen molar-refractivity contribution in [2.45, 2.75) is 30.9 Å². The predicted molar refractivity (Wildman–Crippen MR) is 76.1 cm³/mol. The number of nitrogens with one attached hydrogen (secondary N) is 1. The van der Waals surface area contributed by atoms with E-state index < -0.39 is 0 Å². The second-order valence-corrected chi connectivity index (χ2v) is 5.87. The van der Waals surface area contributed by atoms with E-state index >= 15 is 0 Å². The molecule has 0 aliphatic heterocycles. The topological polar surface area (TPSA) is 21.3 Å². The average molecular weight is 253 g/mol. The first kappa shape index (κ1) is 14.4. The van der Waals surface area contributed by atoms with Gasteiger partial charge in [0, 0.05) is 16.7 Å². The van der Waals surface area contributed by atoms with Crippen LogP contribution >= 0.6 is 11.8 Å². The van der Waals surface area contributed by atoms with Gasteiger partial charge in [0.05, 0.1) is 7.11 Å². The maximum atomic E-state index is 5.23. The van der Waals surface area contributed by atoms with Crippen molar-refractivity contribution < 1.29 is 4.74 Å². The standard InChI is InChI=1S/C14H23NOS/c1-10(2)14(9-15-4)17-13-7-6-12(16-5)8-11(13)3/h6-8,10,14-15H,9H2,1-5H3. The van der Waals surface area contributed by atoms with E-state index in [4.69, 9.17) is 4.74 Å². The summed E-state index contributed by atoms with van der Waals surface area (Å²) in [7, 11) is 3.72. The highest BCUT2D eigenvalue weighted by atomic mass is 32.2. The minimum Gasteiger partial charge on any atom is -0.497 e. The number of aryl methyl sites for hydroxylation is 1. The van der Waals surface area contributed by atoms with E-state index in [-0.39, 0.29) is 0 Å². The lowest BCUT2D eigenvalue weighted by molar-refractivity contribution is 0.414. The molecule has 0 radical (unpaired) electrons. The van der Waals surface area contributed by atoms with Gasteiger partial charge in [-0.15, -0.1) is 11.8 Å². The zero-order valence-electron chi connectivity index (χ0n) is 11.4. The molecule has 1 atom stereocenters. The summed E-state index contributed by atoms with van der Waals surface area (Å²) in [5.41, 5.74) is 1.29. The Morgan fingerprint density at radius 2 is 2.06 bits per heavy atom. The molecule has 0 saturated carbocycles. The highest BCUT2D eigenvalue weighted by Gasteiger charge is 2.15. The van der Waals surface area contributed by atoms with Gasteiger partial charge in [-0.25, -0.2) is 0 Å². The molecule has 0 spiro atoms. The molecule has 0 aliphatic carbocycles. The van der Waals surface area contributed by atoms with Gasteiger partial charge in [0.15, 0.2) is 0 Å². The van der Waals surface area contributed by atoms with Gasteiger partial charge in [0.25, 0.3) is 0 Å². The zero-order valence-corrected chi connectivity index (χ0v) is 12.2. The SMILES string of the molecule is CNCC(Sc1ccc(OC)cc1C)C(C)C. The highest BCUT2D eigenvalue weighted by Crippen LogP contribution is 2.32. The first-order valence-corrected chi connectivity index (χ1v) is 6.92. The lowest BCUT2D eigenvalue weighted by Crippen LogP contribution is -2.25. The van der Waals surface area contributed by atoms with Crippen LogP contribution in [0, 0.1) is 12.8 Å². The van der Waals surface area contributed by atoms with Crippen LogP contribution in [0.3, 0.4) is 0 Å². The molecule has 0 bridgehead atoms. The van der Waals surface area contributed by atoms with Crippen molar-refractivity contribution in [1.29, 1.82) is 0 Å². The third kappa shape index (κ3) is 4.25. The molecule has 0 aromatic heterocycles. The van der Waals surface area contributed by atoms with Crippen molar-refractivity contribution in [3.05, 3.63) is 23.8 Å². The highest BCUT2D eigenvalue weighted by molar-refractivity contribution is 8.00. The Labute approximate surface area is 109 Å². The van der Waals surface area contributed by atoms with E-state index in [9.17, 15) is 0 Å². The Bertz CT molecular complexity index is 352. The maximum Gasteiger partial charge on any atom is 0.119 e. The van der Waals surface area contributed by atoms with Gasteiger partial charge >= 0.3 is 0 Å². The Kier molecular flexibility index (Phi) is 5.86. The van der Waals surface area contributed by atoms with E-state index in [1.807, 2.05) is 24.9 Å². The van der Waals surface area contributed by atoms with Gasteiger partial charge in [-0.3, -0.25) is 0 Å². The molecule has 0 saturated heterocycles. The molecule has 1 rings (SSSR count). The largest absolute Gasteiger partial charge is 0.497 e. The molecule has 0 aliphatic rings. The number of methoxy groups -OCH3 is 1. The summed E-state index contributed by atoms with van der Waals surface area (Å²) in [6, 6.07) is 6.29. The third-order valence-electron chi connectivity index (χ3n) is 2.81. The van der Waals surface area contributed by atoms with E-state index in [0.717, 1.165) is 12.3 Å². The van der Waals surface area contributed by atoms with Crippen LogP contribution in [0.25, 0.3) is 0 Å². The van der Waals surface area contributed by atoms with Crippen LogP contribution in [0.5, 0.6) is 5.75 Å². The minimum absolute atomic E-state index is 0.604. The van der Waals surface area contributed by atoms with Crippen LogP contribution in [-0.2, 0) is 0 Å². The molecular formula is C14H23NOS. The summed E-state index contributed by atoms with van der Waals surface area (Å²) >= 11 is 1.95. The van der Waals surface area contributed by atoms with Crippen LogP contribution in [0.1, 0.15) is 19.4 Å². The normalized spacial score (nSPS) is 12.8. The van der Waals surface area contributed by atoms with Crippen molar-refractivity contribution >= 4 is 11.8 Å². The van der Waals surface area contributed by atoms with Crippen LogP contribution < -0.4 is 10.1 Å². The van der Waals surface area contributed by atoms with Gasteiger partial charge in [0.1, 0.15) is 5.75 Å². The second-order valence-electron chi connectivity index (χ2n) is 4.59. The van der Waals surface area contributed by atoms with Gasteiger partial charge in [-0.1, -0.05) is 13.8 Å². The van der Waals surface area contributed by atoms with Gasteiger partial charge in [-0.05, 0) is 43.7 Å². The molecule has 1 aromatic carbocycles. The summed E-state index contributed by atoms with van der Waals surface area (Å²) in [5, 5.41) is 3.87. The van der Waals surface area contributed by atoms with Gasteiger partial charge in [0.2, 0.25) is 0 Å². The summed E-state index contributed by atoms with van der Waals surface area (Å²) < 4.78 is 5.23. The van der Waals surface area contributed by atoms with E-state index in [0.29, 0.717) is 11.2 Å². The molecule has 3 heteroatoms. The number of hydrogen-bond donors (Lipinski definition) is 1. The molecule has 1 aromatic rings. The monoisotopic (exact) mass is 253 g/mol. The number of rotatable bonds is 6. The third-order valence-corrected chi connectivity index (χ3v) is 4.54. The van der Waals surface area contributed by atoms with Crippen LogP contribution in [-0.4, -0.2) is 26.0 Å². The van der Waals surface area contributed by atoms with Crippen LogP contribution in [0.4, 0.5) is 0 Å². The van der Waals surface area contributed by atoms with Gasteiger partial charge < -0.3 is 10.1 Å². The average Bonchev–Trinajstić information content (AvgIpc) is 2.30. The van der Waals surface area contributed by atoms with E-state index in [2.05, 4.69) is 38.2 Å². The van der Waals surface area contributed by atoms with Crippen molar-refractivity contribution in [3.8, 4) is 5.75 Å². The molecule has 0 amide bonds. The number of hydrogen-bond acceptors (Lipinski definition) is 3. The minimum atomic E-state index is 0.604. The molecule has 0 fully saturated rings. The summed E-state index contributed by atoms with van der Waals surface area (Å²) in [5.74, 6) is 1.59. The quantitative estimate of drug-likeness (QED) is 0.786. The summed E-state index contributed by atoms with van der Waals surface area (Å²) in [6.45, 7) is 7.72. The number of benzene rings is 1. The Hall–Kier alpha value is -0.670. The molecule has 1 unspecified atom stereocenters. The van der Waals surface area contributed by atoms with Crippen molar-refractivity contribution in [2.75, 3.05) is 20.7 Å². The molecule has 96 valence electrons. The predicted octanol–water partition coefficient (Wildman–Crippen LogP) is 3.34. The van der Waals surface area contributed by atoms with Crippen LogP contribution in [0.15, 0.2) is 23.1 Å². The fraction of sp³-hybridized carbons (Fsp3) is 0.571. The lowest BCUT2D eigenvalue weighted by Gasteiger charge is -2.21. The summed E-state index contributed by atoms with van der Waals surface area (Å²) in [6.07, 6.45) is 0. The van der Waals surface area contributed by atoms with E-state index in [1.54, 1.807) is 7.11 Å². The molecule has 1 N–H and O–H groups in total. The summed E-state index contributed by atoms with van der Waals surface area (Å²) in [4.78, 5) is 1.35. The fourth-order valence-electron chi connectivity index (χ4n) is 1.66. The first-order chi connectivity index (χ1) is 8.08. The van der Waals surface area contributed by atoms with E-state index in [1.165, 1.54) is 10.5 Å². The molecule has 0 heterocycles. The van der Waals surface area contributed by atoms with Crippen LogP contribution in [0.2, 0.25) is 0 Å². The zero-order chi connectivity index (χ0) is 12.8. The van der Waals surface area contributed by atoms with Crippen molar-refractivity contribution in [2.24, 2.45) is 5.92 Å². The smallest absolute Gasteiger partial charge is 0.119 e. The Morgan fingerprint density at radius 1 is 1.35 bits per heavy atom. The number of ether oxygens (including phenoxy) is 1. The Balaban J connectivity index is 2.78. The molecule has 17 heavy (non-hydrogen) atoms. The van der Waals surface area contributed by atoms with Crippen molar-refractivity contribution in [1.82, 2.24) is 5.32 Å². The second kappa shape index (κ2) is 6.92. The fourth-order valence-corrected chi connectivity index (χ4v) is 2.90. The maximum absolute atomic E-state index is 5.23. The lowest BCUT2D eigenvalue weighted by atomic mass is 10.1. The van der Waals surface area contributed by atoms with Crippen molar-refractivity contribution in [3.63, 3.8) is 0 Å². The molecule has 2 nitrogen and oxygen atoms in total. The molecular weight excluding hydrogens is 230 g/mol.